The number of hydrogen-bond acceptors (Lipinski definition) is 9. The SMILES string of the molecule is CC(Br)c1ccc(Br)cc1.CC(O)c1ccc(Br)cc1.Cc1cc(=O)n(C)cc1-c1cn[nH]c1.Cc1cc(=O)n(C)cc1-c1cnn(C(C)c2ccc(-c3cnn(C)c3)cc2)c1.Cc1cc(=O)n(C)cc1-c1cnn(C(C)c2ccc(Br)cc2)c1.Cc1cnn(C)c1. The number of nitrogens with one attached hydrogen (secondary N) is 1. The standard InChI is InChI=1S/C22H23N5O.C18H18BrN3O.C10H11N3O.C8H8Br2.C8H9BrO.C5H8N2/c1-15-9-22(28)25(3)14-21(15)20-11-24-27(13-20)16(2)17-5-7-18(8-6-17)19-10-23-26(4)12-19;1-12-8-18(23)21(3)11-17(12)15-9-20-22(10-15)13(2)14-4-6-16(19)7-5-14;1-7-3-10(14)13(2)6-9(7)8-4-11-12-5-8;1-6(9)7-2-4-8(10)5-3-7;1-6(10)7-2-4-8(9)5-3-7;1-5-3-6-7(2)4-5/h5-14,16H,1-4H3;4-11,13H,1-3H3;3-6H,1-2H3,(H,11,12);2-6H,1H3;2-6,10H,1H3;3-4H,1-2H3. The van der Waals surface area contributed by atoms with Crippen LogP contribution in [0.5, 0.6) is 0 Å². The maximum absolute atomic E-state index is 11.8. The Morgan fingerprint density at radius 3 is 1.12 bits per heavy atom. The molecule has 2 N–H and O–H groups in total. The number of aryl methyl sites for hydroxylation is 9. The van der Waals surface area contributed by atoms with Crippen molar-refractivity contribution in [3.8, 4) is 44.5 Å². The molecule has 0 fully saturated rings. The maximum Gasteiger partial charge on any atom is 0.250 e. The van der Waals surface area contributed by atoms with E-state index < -0.39 is 0 Å². The molecule has 12 aromatic rings. The molecule has 478 valence electrons. The number of nitrogens with zero attached hydrogens (tertiary/aromatic N) is 12. The van der Waals surface area contributed by atoms with E-state index in [2.05, 4.69) is 164 Å². The highest BCUT2D eigenvalue weighted by atomic mass is 79.9. The molecule has 8 heterocycles. The van der Waals surface area contributed by atoms with Gasteiger partial charge in [-0.25, -0.2) is 0 Å². The van der Waals surface area contributed by atoms with Crippen LogP contribution in [0.15, 0.2) is 224 Å². The van der Waals surface area contributed by atoms with Gasteiger partial charge in [-0.05, 0) is 142 Å². The number of aliphatic hydroxyl groups excluding tert-OH is 1. The van der Waals surface area contributed by atoms with E-state index in [1.807, 2.05) is 174 Å². The van der Waals surface area contributed by atoms with Crippen LogP contribution in [-0.4, -0.2) is 68.1 Å². The minimum Gasteiger partial charge on any atom is -0.389 e. The van der Waals surface area contributed by atoms with E-state index >= 15 is 0 Å². The van der Waals surface area contributed by atoms with E-state index in [1.165, 1.54) is 22.3 Å². The van der Waals surface area contributed by atoms with Crippen LogP contribution in [0.2, 0.25) is 0 Å². The van der Waals surface area contributed by atoms with Gasteiger partial charge in [-0.2, -0.15) is 25.5 Å². The number of aliphatic hydroxyl groups is 1. The third-order valence-corrected chi connectivity index (χ3v) is 17.1. The quantitative estimate of drug-likeness (QED) is 0.126. The van der Waals surface area contributed by atoms with Crippen LogP contribution < -0.4 is 16.7 Å². The highest BCUT2D eigenvalue weighted by Crippen LogP contribution is 2.29. The number of rotatable bonds is 10. The summed E-state index contributed by atoms with van der Waals surface area (Å²) < 4.78 is 15.5. The number of hydrogen-bond donors (Lipinski definition) is 2. The van der Waals surface area contributed by atoms with Crippen molar-refractivity contribution in [2.45, 2.75) is 78.4 Å². The van der Waals surface area contributed by atoms with Crippen molar-refractivity contribution < 1.29 is 5.11 Å². The summed E-state index contributed by atoms with van der Waals surface area (Å²) >= 11 is 13.6. The van der Waals surface area contributed by atoms with Gasteiger partial charge >= 0.3 is 0 Å². The lowest BCUT2D eigenvalue weighted by molar-refractivity contribution is 0.199. The zero-order valence-electron chi connectivity index (χ0n) is 53.8. The molecule has 8 aromatic heterocycles. The first-order valence-corrected chi connectivity index (χ1v) is 32.8. The van der Waals surface area contributed by atoms with E-state index in [9.17, 15) is 14.4 Å². The topological polar surface area (TPSA) is 186 Å². The molecule has 4 aromatic carbocycles. The van der Waals surface area contributed by atoms with E-state index in [0.717, 1.165) is 80.2 Å². The molecule has 0 spiro atoms. The summed E-state index contributed by atoms with van der Waals surface area (Å²) in [6.45, 7) is 16.0. The fraction of sp³-hybridized carbons (Fsp3) is 0.239. The number of aromatic amines is 1. The third kappa shape index (κ3) is 20.1. The largest absolute Gasteiger partial charge is 0.389 e. The molecule has 0 bridgehead atoms. The Morgan fingerprint density at radius 1 is 0.413 bits per heavy atom. The predicted molar refractivity (Wildman–Crippen MR) is 384 cm³/mol. The molecule has 0 amide bonds. The predicted octanol–water partition coefficient (Wildman–Crippen LogP) is 15.7. The highest BCUT2D eigenvalue weighted by molar-refractivity contribution is 9.11. The van der Waals surface area contributed by atoms with Gasteiger partial charge in [0.05, 0.1) is 49.2 Å². The Hall–Kier alpha value is -8.34. The molecule has 0 aliphatic heterocycles. The van der Waals surface area contributed by atoms with Crippen LogP contribution >= 0.6 is 63.7 Å². The first-order valence-electron chi connectivity index (χ1n) is 29.5. The number of alkyl halides is 1. The monoisotopic (exact) mass is 1490 g/mol. The van der Waals surface area contributed by atoms with Gasteiger partial charge in [0.1, 0.15) is 0 Å². The van der Waals surface area contributed by atoms with Crippen LogP contribution in [0, 0.1) is 27.7 Å². The van der Waals surface area contributed by atoms with Crippen molar-refractivity contribution in [1.82, 2.24) is 63.0 Å². The lowest BCUT2D eigenvalue weighted by Crippen LogP contribution is -2.15. The van der Waals surface area contributed by atoms with Crippen molar-refractivity contribution in [1.29, 1.82) is 0 Å². The molecule has 21 heteroatoms. The molecule has 4 unspecified atom stereocenters. The van der Waals surface area contributed by atoms with E-state index in [4.69, 9.17) is 5.11 Å². The van der Waals surface area contributed by atoms with Crippen LogP contribution in [0.4, 0.5) is 0 Å². The summed E-state index contributed by atoms with van der Waals surface area (Å²) in [6.07, 6.45) is 24.2. The van der Waals surface area contributed by atoms with Crippen LogP contribution in [0.3, 0.4) is 0 Å². The van der Waals surface area contributed by atoms with Crippen molar-refractivity contribution >= 4 is 63.7 Å². The second-order valence-electron chi connectivity index (χ2n) is 22.4. The summed E-state index contributed by atoms with van der Waals surface area (Å²) in [6, 6.07) is 37.9. The Kier molecular flexibility index (Phi) is 25.7. The molecule has 12 rings (SSSR count). The van der Waals surface area contributed by atoms with Crippen molar-refractivity contribution in [2.24, 2.45) is 35.2 Å². The summed E-state index contributed by atoms with van der Waals surface area (Å²) in [7, 11) is 9.10. The first kappa shape index (κ1) is 71.1. The van der Waals surface area contributed by atoms with E-state index in [1.54, 1.807) is 75.5 Å². The Balaban J connectivity index is 0.000000167. The van der Waals surface area contributed by atoms with Gasteiger partial charge in [0.15, 0.2) is 0 Å². The van der Waals surface area contributed by atoms with Crippen LogP contribution in [0.1, 0.15) is 95.2 Å². The van der Waals surface area contributed by atoms with Gasteiger partial charge in [-0.1, -0.05) is 124 Å². The molecule has 0 aliphatic rings. The number of aromatic nitrogens is 13. The van der Waals surface area contributed by atoms with Crippen LogP contribution in [0.25, 0.3) is 44.5 Å². The lowest BCUT2D eigenvalue weighted by Gasteiger charge is -2.13. The Bertz CT molecular complexity index is 4420. The lowest BCUT2D eigenvalue weighted by atomic mass is 10.0. The number of halogens is 4. The second kappa shape index (κ2) is 33.3. The molecule has 0 aliphatic carbocycles. The zero-order chi connectivity index (χ0) is 66.9. The van der Waals surface area contributed by atoms with Gasteiger partial charge in [0, 0.05) is 160 Å². The highest BCUT2D eigenvalue weighted by Gasteiger charge is 2.15. The summed E-state index contributed by atoms with van der Waals surface area (Å²) in [5, 5.41) is 33.0. The van der Waals surface area contributed by atoms with Gasteiger partial charge in [-0.15, -0.1) is 0 Å². The van der Waals surface area contributed by atoms with Gasteiger partial charge in [-0.3, -0.25) is 38.2 Å². The van der Waals surface area contributed by atoms with Crippen molar-refractivity contribution in [2.75, 3.05) is 0 Å². The van der Waals surface area contributed by atoms with Crippen molar-refractivity contribution in [3.05, 3.63) is 285 Å². The Morgan fingerprint density at radius 2 is 0.783 bits per heavy atom. The molecular weight excluding hydrogens is 1420 g/mol. The van der Waals surface area contributed by atoms with Gasteiger partial charge in [0.25, 0.3) is 16.7 Å². The maximum atomic E-state index is 11.8. The minimum absolute atomic E-state index is 0.00173. The average Bonchev–Trinajstić information content (AvgIpc) is 1.75. The summed E-state index contributed by atoms with van der Waals surface area (Å²) in [5.41, 5.74) is 17.1. The molecule has 4 atom stereocenters. The third-order valence-electron chi connectivity index (χ3n) is 15.0. The van der Waals surface area contributed by atoms with Crippen molar-refractivity contribution in [3.63, 3.8) is 0 Å². The fourth-order valence-electron chi connectivity index (χ4n) is 9.44. The van der Waals surface area contributed by atoms with E-state index in [0.29, 0.717) is 4.83 Å². The number of pyridine rings is 3. The molecule has 17 nitrogen and oxygen atoms in total. The smallest absolute Gasteiger partial charge is 0.250 e. The molecule has 0 saturated heterocycles. The number of H-pyrrole nitrogens is 1. The molecule has 0 saturated carbocycles. The molecule has 0 radical (unpaired) electrons. The molecule has 92 heavy (non-hydrogen) atoms. The molecular formula is C71H77Br4N13O4. The van der Waals surface area contributed by atoms with E-state index in [-0.39, 0.29) is 34.9 Å². The normalized spacial score (nSPS) is 12.0. The Labute approximate surface area is 570 Å². The van der Waals surface area contributed by atoms with Gasteiger partial charge in [0.2, 0.25) is 0 Å². The number of benzene rings is 4. The summed E-state index contributed by atoms with van der Waals surface area (Å²) in [5.74, 6) is 0. The zero-order valence-corrected chi connectivity index (χ0v) is 60.2. The van der Waals surface area contributed by atoms with Crippen LogP contribution in [-0.2, 0) is 35.2 Å². The average molecular weight is 1500 g/mol. The minimum atomic E-state index is -0.368. The second-order valence-corrected chi connectivity index (χ2v) is 26.5. The summed E-state index contributed by atoms with van der Waals surface area (Å²) in [4.78, 5) is 35.2. The first-order chi connectivity index (χ1) is 43.7. The fourth-order valence-corrected chi connectivity index (χ4v) is 10.5. The van der Waals surface area contributed by atoms with Gasteiger partial charge < -0.3 is 18.8 Å².